The summed E-state index contributed by atoms with van der Waals surface area (Å²) in [4.78, 5) is 43.8. The summed E-state index contributed by atoms with van der Waals surface area (Å²) >= 11 is 2.68. The van der Waals surface area contributed by atoms with Crippen LogP contribution in [0.15, 0.2) is 48.5 Å². The van der Waals surface area contributed by atoms with E-state index in [0.717, 1.165) is 15.8 Å². The van der Waals surface area contributed by atoms with Crippen LogP contribution in [0.1, 0.15) is 45.8 Å². The SMILES string of the molecule is CNCC#Cc1ccc(OCCCc2sc(N(CCCC(O)CN(C)CCP(=O)(O)O)c3cc(C)c(Nc4nc5ccccc5s4)nn3)nc2C(=O)O)c(F)c1. The molecule has 0 saturated carbocycles. The molecule has 6 N–H and O–H groups in total. The Morgan fingerprint density at radius 2 is 1.89 bits per heavy atom. The Hall–Kier alpha value is -4.57. The summed E-state index contributed by atoms with van der Waals surface area (Å²) in [5, 5.41) is 37.0. The molecule has 2 aromatic carbocycles. The van der Waals surface area contributed by atoms with E-state index >= 15 is 0 Å². The summed E-state index contributed by atoms with van der Waals surface area (Å²) in [6.07, 6.45) is 0.363. The van der Waals surface area contributed by atoms with E-state index in [2.05, 4.69) is 42.6 Å². The molecule has 0 spiro atoms. The van der Waals surface area contributed by atoms with E-state index in [0.29, 0.717) is 71.1 Å². The number of fused-ring (bicyclic) bond motifs is 1. The number of aliphatic hydroxyl groups excluding tert-OH is 1. The zero-order valence-electron chi connectivity index (χ0n) is 31.1. The zero-order chi connectivity index (χ0) is 40.2. The number of anilines is 4. The minimum absolute atomic E-state index is 0.0731. The molecule has 298 valence electrons. The van der Waals surface area contributed by atoms with E-state index in [1.54, 1.807) is 30.0 Å². The molecule has 15 nitrogen and oxygen atoms in total. The first-order valence-electron chi connectivity index (χ1n) is 17.7. The Bertz CT molecular complexity index is 2190. The van der Waals surface area contributed by atoms with Crippen LogP contribution in [0.25, 0.3) is 10.2 Å². The third-order valence-corrected chi connectivity index (χ3v) is 11.2. The molecule has 5 rings (SSSR count). The summed E-state index contributed by atoms with van der Waals surface area (Å²) in [6.45, 7) is 3.10. The number of aliphatic hydroxyl groups is 1. The molecule has 0 aliphatic heterocycles. The normalized spacial score (nSPS) is 12.1. The first-order valence-corrected chi connectivity index (χ1v) is 21.2. The molecule has 3 heterocycles. The highest BCUT2D eigenvalue weighted by molar-refractivity contribution is 7.51. The number of carbonyl (C=O) groups is 1. The summed E-state index contributed by atoms with van der Waals surface area (Å²) in [7, 11) is -0.717. The molecular formula is C37H44FN8O7PS2. The standard InChI is InChI=1S/C37H44FN8O7PS2/c1-24-21-32(43-44-34(24)42-36-40-28-11-4-5-12-30(28)55-36)46(17-7-10-26(47)23-45(3)18-20-54(50,51)52)37-41-33(35(48)49)31(56-37)13-8-19-53-29-15-14-25(22-27(29)38)9-6-16-39-2/h4-5,11-12,14-15,21-22,26,39,47H,7-8,10,13,16-20,23H2,1-3H3,(H,48,49)(H,40,42,44)(H2,50,51,52). The van der Waals surface area contributed by atoms with Crippen LogP contribution in [0.5, 0.6) is 5.75 Å². The van der Waals surface area contributed by atoms with E-state index in [4.69, 9.17) is 4.74 Å². The number of thiazole rings is 2. The largest absolute Gasteiger partial charge is 0.491 e. The van der Waals surface area contributed by atoms with E-state index in [1.807, 2.05) is 37.3 Å². The highest BCUT2D eigenvalue weighted by Gasteiger charge is 2.24. The summed E-state index contributed by atoms with van der Waals surface area (Å²) in [6, 6.07) is 14.1. The van der Waals surface area contributed by atoms with Crippen LogP contribution in [0.2, 0.25) is 0 Å². The van der Waals surface area contributed by atoms with Gasteiger partial charge in [-0.3, -0.25) is 4.57 Å². The van der Waals surface area contributed by atoms with E-state index < -0.39 is 25.5 Å². The number of benzene rings is 2. The summed E-state index contributed by atoms with van der Waals surface area (Å²) < 4.78 is 32.6. The summed E-state index contributed by atoms with van der Waals surface area (Å²) in [5.74, 6) is 5.00. The maximum atomic E-state index is 14.7. The molecule has 56 heavy (non-hydrogen) atoms. The van der Waals surface area contributed by atoms with Gasteiger partial charge < -0.3 is 45.2 Å². The minimum atomic E-state index is -4.17. The molecule has 0 saturated heterocycles. The van der Waals surface area contributed by atoms with Gasteiger partial charge >= 0.3 is 13.6 Å². The highest BCUT2D eigenvalue weighted by atomic mass is 32.1. The molecule has 0 amide bonds. The van der Waals surface area contributed by atoms with Crippen LogP contribution in [-0.4, -0.2) is 110 Å². The zero-order valence-corrected chi connectivity index (χ0v) is 33.6. The fraction of sp³-hybridized carbons (Fsp3) is 0.378. The fourth-order valence-electron chi connectivity index (χ4n) is 5.53. The number of nitrogens with zero attached hydrogens (tertiary/aromatic N) is 6. The van der Waals surface area contributed by atoms with E-state index in [-0.39, 0.29) is 37.3 Å². The van der Waals surface area contributed by atoms with Crippen LogP contribution in [-0.2, 0) is 11.0 Å². The van der Waals surface area contributed by atoms with Crippen molar-refractivity contribution in [2.75, 3.05) is 63.3 Å². The average molecular weight is 827 g/mol. The van der Waals surface area contributed by atoms with Crippen LogP contribution in [0.3, 0.4) is 0 Å². The van der Waals surface area contributed by atoms with Crippen LogP contribution in [0, 0.1) is 24.6 Å². The lowest BCUT2D eigenvalue weighted by atomic mass is 10.2. The molecule has 0 radical (unpaired) electrons. The third kappa shape index (κ3) is 12.5. The Morgan fingerprint density at radius 3 is 2.61 bits per heavy atom. The third-order valence-electron chi connectivity index (χ3n) is 8.34. The number of aryl methyl sites for hydroxylation is 2. The number of aromatic nitrogens is 4. The number of ether oxygens (including phenoxy) is 1. The van der Waals surface area contributed by atoms with Crippen molar-refractivity contribution in [1.29, 1.82) is 0 Å². The van der Waals surface area contributed by atoms with Crippen molar-refractivity contribution in [3.63, 3.8) is 0 Å². The number of halogens is 1. The maximum absolute atomic E-state index is 14.7. The van der Waals surface area contributed by atoms with Gasteiger partial charge in [0, 0.05) is 30.1 Å². The predicted molar refractivity (Wildman–Crippen MR) is 216 cm³/mol. The van der Waals surface area contributed by atoms with Gasteiger partial charge in [-0.1, -0.05) is 35.3 Å². The molecule has 5 aromatic rings. The Kier molecular flexibility index (Phi) is 15.2. The quantitative estimate of drug-likeness (QED) is 0.0330. The number of likely N-dealkylation sites (N-methyl/N-ethyl adjacent to an activating group) is 1. The number of carboxylic acid groups (broad SMARTS) is 1. The average Bonchev–Trinajstić information content (AvgIpc) is 3.77. The Morgan fingerprint density at radius 1 is 1.09 bits per heavy atom. The van der Waals surface area contributed by atoms with E-state index in [9.17, 15) is 33.7 Å². The number of hydrogen-bond donors (Lipinski definition) is 6. The molecule has 1 atom stereocenters. The molecule has 1 unspecified atom stereocenters. The number of aromatic carboxylic acids is 1. The number of hydrogen-bond acceptors (Lipinski definition) is 14. The van der Waals surface area contributed by atoms with Gasteiger partial charge in [0.1, 0.15) is 0 Å². The molecule has 0 fully saturated rings. The fourth-order valence-corrected chi connectivity index (χ4v) is 8.12. The second-order valence-corrected chi connectivity index (χ2v) is 16.8. The van der Waals surface area contributed by atoms with Crippen molar-refractivity contribution < 1.29 is 38.5 Å². The summed E-state index contributed by atoms with van der Waals surface area (Å²) in [5.41, 5.74) is 2.02. The molecule has 19 heteroatoms. The second kappa shape index (κ2) is 20.0. The van der Waals surface area contributed by atoms with Crippen molar-refractivity contribution in [2.45, 2.75) is 38.7 Å². The van der Waals surface area contributed by atoms with Crippen molar-refractivity contribution >= 4 is 68.4 Å². The second-order valence-electron chi connectivity index (χ2n) is 12.9. The van der Waals surface area contributed by atoms with Gasteiger partial charge in [0.15, 0.2) is 39.2 Å². The van der Waals surface area contributed by atoms with Gasteiger partial charge in [-0.2, -0.15) is 0 Å². The smallest absolute Gasteiger partial charge is 0.355 e. The number of nitrogens with one attached hydrogen (secondary N) is 2. The number of rotatable bonds is 20. The van der Waals surface area contributed by atoms with Crippen molar-refractivity contribution in [2.24, 2.45) is 0 Å². The minimum Gasteiger partial charge on any atom is -0.491 e. The molecule has 3 aromatic heterocycles. The van der Waals surface area contributed by atoms with Crippen LogP contribution >= 0.6 is 30.3 Å². The van der Waals surface area contributed by atoms with Gasteiger partial charge in [-0.15, -0.1) is 21.5 Å². The number of para-hydroxylation sites is 1. The molecule has 0 aliphatic rings. The van der Waals surface area contributed by atoms with Crippen molar-refractivity contribution in [3.8, 4) is 17.6 Å². The Labute approximate surface area is 331 Å². The molecule has 0 aliphatic carbocycles. The van der Waals surface area contributed by atoms with E-state index in [1.165, 1.54) is 34.8 Å². The van der Waals surface area contributed by atoms with Gasteiger partial charge in [0.05, 0.1) is 35.6 Å². The van der Waals surface area contributed by atoms with Crippen molar-refractivity contribution in [1.82, 2.24) is 30.4 Å². The topological polar surface area (TPSA) is 206 Å². The number of carboxylic acids is 1. The predicted octanol–water partition coefficient (Wildman–Crippen LogP) is 5.40. The lowest BCUT2D eigenvalue weighted by Crippen LogP contribution is -2.32. The van der Waals surface area contributed by atoms with Crippen LogP contribution in [0.4, 0.5) is 26.3 Å². The lowest BCUT2D eigenvalue weighted by molar-refractivity contribution is 0.0690. The van der Waals surface area contributed by atoms with Gasteiger partial charge in [-0.25, -0.2) is 19.2 Å². The molecular weight excluding hydrogens is 783 g/mol. The highest BCUT2D eigenvalue weighted by Crippen LogP contribution is 2.35. The first-order chi connectivity index (χ1) is 26.8. The molecule has 0 bridgehead atoms. The van der Waals surface area contributed by atoms with Crippen LogP contribution < -0.4 is 20.3 Å². The van der Waals surface area contributed by atoms with Gasteiger partial charge in [0.2, 0.25) is 0 Å². The first kappa shape index (κ1) is 42.6. The van der Waals surface area contributed by atoms with Gasteiger partial charge in [0.25, 0.3) is 0 Å². The van der Waals surface area contributed by atoms with Gasteiger partial charge in [-0.05, 0) is 88.7 Å². The Balaban J connectivity index is 1.31. The lowest BCUT2D eigenvalue weighted by Gasteiger charge is -2.23. The monoisotopic (exact) mass is 826 g/mol. The maximum Gasteiger partial charge on any atom is 0.355 e. The van der Waals surface area contributed by atoms with Crippen molar-refractivity contribution in [3.05, 3.63) is 76.0 Å².